The maximum atomic E-state index is 9.78. The molecule has 1 heterocycles. The molecular weight excluding hydrogens is 166 g/mol. The third kappa shape index (κ3) is 1.26. The lowest BCUT2D eigenvalue weighted by molar-refractivity contribution is 0.155. The molecule has 0 radical (unpaired) electrons. The number of aromatic nitrogens is 2. The van der Waals surface area contributed by atoms with Gasteiger partial charge in [0, 0.05) is 24.8 Å². The van der Waals surface area contributed by atoms with Gasteiger partial charge in [0.05, 0.1) is 11.8 Å². The van der Waals surface area contributed by atoms with Gasteiger partial charge in [0.25, 0.3) is 0 Å². The molecule has 4 nitrogen and oxygen atoms in total. The summed E-state index contributed by atoms with van der Waals surface area (Å²) in [5.41, 5.74) is 8.55. The van der Waals surface area contributed by atoms with Crippen molar-refractivity contribution in [3.05, 3.63) is 17.0 Å². The van der Waals surface area contributed by atoms with Crippen LogP contribution in [0.5, 0.6) is 0 Å². The van der Waals surface area contributed by atoms with Gasteiger partial charge in [0.1, 0.15) is 0 Å². The van der Waals surface area contributed by atoms with Gasteiger partial charge < -0.3 is 10.8 Å². The molecule has 4 heteroatoms. The third-order valence-corrected chi connectivity index (χ3v) is 2.70. The van der Waals surface area contributed by atoms with E-state index in [0.717, 1.165) is 36.2 Å². The van der Waals surface area contributed by atoms with E-state index in [1.165, 1.54) is 0 Å². The molecule has 2 rings (SSSR count). The summed E-state index contributed by atoms with van der Waals surface area (Å²) in [4.78, 5) is 0. The number of fused-ring (bicyclic) bond motifs is 1. The molecule has 1 aromatic heterocycles. The lowest BCUT2D eigenvalue weighted by Crippen LogP contribution is -2.12. The zero-order valence-corrected chi connectivity index (χ0v) is 7.82. The molecule has 1 aromatic rings. The van der Waals surface area contributed by atoms with E-state index in [0.29, 0.717) is 6.54 Å². The fourth-order valence-electron chi connectivity index (χ4n) is 2.08. The molecule has 1 atom stereocenters. The first-order chi connectivity index (χ1) is 6.24. The van der Waals surface area contributed by atoms with Crippen molar-refractivity contribution in [1.29, 1.82) is 0 Å². The van der Waals surface area contributed by atoms with Crippen molar-refractivity contribution in [2.24, 2.45) is 12.8 Å². The highest BCUT2D eigenvalue weighted by Crippen LogP contribution is 2.31. The summed E-state index contributed by atoms with van der Waals surface area (Å²) < 4.78 is 1.85. The highest BCUT2D eigenvalue weighted by atomic mass is 16.3. The topological polar surface area (TPSA) is 64.1 Å². The van der Waals surface area contributed by atoms with E-state index in [1.54, 1.807) is 0 Å². The van der Waals surface area contributed by atoms with Crippen molar-refractivity contribution in [3.8, 4) is 0 Å². The summed E-state index contributed by atoms with van der Waals surface area (Å²) >= 11 is 0. The molecule has 1 aliphatic rings. The van der Waals surface area contributed by atoms with Crippen LogP contribution in [0, 0.1) is 0 Å². The normalized spacial score (nSPS) is 21.6. The van der Waals surface area contributed by atoms with Crippen LogP contribution in [-0.2, 0) is 20.0 Å². The summed E-state index contributed by atoms with van der Waals surface area (Å²) in [6.07, 6.45) is 2.54. The Kier molecular flexibility index (Phi) is 2.09. The molecule has 0 aromatic carbocycles. The van der Waals surface area contributed by atoms with Crippen LogP contribution in [0.25, 0.3) is 0 Å². The second-order valence-corrected chi connectivity index (χ2v) is 3.54. The highest BCUT2D eigenvalue weighted by Gasteiger charge is 2.25. The number of nitrogens with zero attached hydrogens (tertiary/aromatic N) is 2. The van der Waals surface area contributed by atoms with E-state index >= 15 is 0 Å². The molecule has 0 saturated heterocycles. The highest BCUT2D eigenvalue weighted by molar-refractivity contribution is 5.30. The summed E-state index contributed by atoms with van der Waals surface area (Å²) in [6, 6.07) is 0. The van der Waals surface area contributed by atoms with Crippen LogP contribution in [0.3, 0.4) is 0 Å². The van der Waals surface area contributed by atoms with Gasteiger partial charge in [-0.25, -0.2) is 0 Å². The molecule has 1 aliphatic carbocycles. The molecule has 0 fully saturated rings. The van der Waals surface area contributed by atoms with E-state index in [-0.39, 0.29) is 6.10 Å². The lowest BCUT2D eigenvalue weighted by atomic mass is 9.93. The first-order valence-corrected chi connectivity index (χ1v) is 4.66. The summed E-state index contributed by atoms with van der Waals surface area (Å²) in [6.45, 7) is 0.417. The molecule has 3 N–H and O–H groups in total. The Morgan fingerprint density at radius 3 is 3.15 bits per heavy atom. The van der Waals surface area contributed by atoms with Gasteiger partial charge in [0.2, 0.25) is 0 Å². The van der Waals surface area contributed by atoms with Crippen molar-refractivity contribution in [3.63, 3.8) is 0 Å². The first kappa shape index (κ1) is 8.72. The summed E-state index contributed by atoms with van der Waals surface area (Å²) in [5, 5.41) is 14.1. The van der Waals surface area contributed by atoms with Crippen molar-refractivity contribution in [2.75, 3.05) is 0 Å². The number of nitrogens with two attached hydrogens (primary N) is 1. The standard InChI is InChI=1S/C9H15N3O/c1-12-7-3-2-4-8(13)9(7)6(5-10)11-12/h8,13H,2-5,10H2,1H3. The van der Waals surface area contributed by atoms with Crippen LogP contribution in [0.15, 0.2) is 0 Å². The minimum atomic E-state index is -0.351. The SMILES string of the molecule is Cn1nc(CN)c2c1CCCC2O. The van der Waals surface area contributed by atoms with Gasteiger partial charge in [-0.15, -0.1) is 0 Å². The van der Waals surface area contributed by atoms with Gasteiger partial charge in [-0.05, 0) is 19.3 Å². The van der Waals surface area contributed by atoms with Gasteiger partial charge in [-0.3, -0.25) is 4.68 Å². The van der Waals surface area contributed by atoms with Gasteiger partial charge in [0.15, 0.2) is 0 Å². The number of hydrogen-bond acceptors (Lipinski definition) is 3. The zero-order valence-electron chi connectivity index (χ0n) is 7.82. The summed E-state index contributed by atoms with van der Waals surface area (Å²) in [5.74, 6) is 0. The minimum Gasteiger partial charge on any atom is -0.388 e. The Balaban J connectivity index is 2.52. The Morgan fingerprint density at radius 1 is 1.69 bits per heavy atom. The Morgan fingerprint density at radius 2 is 2.46 bits per heavy atom. The second-order valence-electron chi connectivity index (χ2n) is 3.54. The van der Waals surface area contributed by atoms with Gasteiger partial charge in [-0.1, -0.05) is 0 Å². The Bertz CT molecular complexity index is 319. The summed E-state index contributed by atoms with van der Waals surface area (Å²) in [7, 11) is 1.91. The maximum Gasteiger partial charge on any atom is 0.0826 e. The molecule has 13 heavy (non-hydrogen) atoms. The van der Waals surface area contributed by atoms with E-state index in [9.17, 15) is 5.11 Å². The van der Waals surface area contributed by atoms with Crippen molar-refractivity contribution in [2.45, 2.75) is 31.9 Å². The van der Waals surface area contributed by atoms with Crippen molar-refractivity contribution >= 4 is 0 Å². The number of aryl methyl sites for hydroxylation is 1. The fraction of sp³-hybridized carbons (Fsp3) is 0.667. The first-order valence-electron chi connectivity index (χ1n) is 4.66. The van der Waals surface area contributed by atoms with E-state index < -0.39 is 0 Å². The van der Waals surface area contributed by atoms with Crippen LogP contribution in [-0.4, -0.2) is 14.9 Å². The minimum absolute atomic E-state index is 0.351. The van der Waals surface area contributed by atoms with Crippen LogP contribution in [0.4, 0.5) is 0 Å². The van der Waals surface area contributed by atoms with E-state index in [2.05, 4.69) is 5.10 Å². The third-order valence-electron chi connectivity index (χ3n) is 2.70. The predicted molar refractivity (Wildman–Crippen MR) is 49.0 cm³/mol. The molecule has 72 valence electrons. The Hall–Kier alpha value is -0.870. The molecule has 0 saturated carbocycles. The van der Waals surface area contributed by atoms with Crippen LogP contribution < -0.4 is 5.73 Å². The molecule has 0 bridgehead atoms. The lowest BCUT2D eigenvalue weighted by Gasteiger charge is -2.18. The number of aliphatic hydroxyl groups is 1. The number of aliphatic hydroxyl groups excluding tert-OH is 1. The second kappa shape index (κ2) is 3.12. The van der Waals surface area contributed by atoms with Crippen LogP contribution >= 0.6 is 0 Å². The monoisotopic (exact) mass is 181 g/mol. The average molecular weight is 181 g/mol. The Labute approximate surface area is 77.4 Å². The van der Waals surface area contributed by atoms with Crippen molar-refractivity contribution < 1.29 is 5.11 Å². The molecule has 0 aliphatic heterocycles. The van der Waals surface area contributed by atoms with Crippen molar-refractivity contribution in [1.82, 2.24) is 9.78 Å². The molecule has 1 unspecified atom stereocenters. The number of rotatable bonds is 1. The zero-order chi connectivity index (χ0) is 9.42. The largest absolute Gasteiger partial charge is 0.388 e. The van der Waals surface area contributed by atoms with Gasteiger partial charge >= 0.3 is 0 Å². The average Bonchev–Trinajstić information content (AvgIpc) is 2.45. The maximum absolute atomic E-state index is 9.78. The quantitative estimate of drug-likeness (QED) is 0.652. The predicted octanol–water partition coefficient (Wildman–Crippen LogP) is 0.248. The van der Waals surface area contributed by atoms with E-state index in [4.69, 9.17) is 5.73 Å². The molecular formula is C9H15N3O. The van der Waals surface area contributed by atoms with E-state index in [1.807, 2.05) is 11.7 Å². The number of hydrogen-bond donors (Lipinski definition) is 2. The van der Waals surface area contributed by atoms with Gasteiger partial charge in [-0.2, -0.15) is 5.10 Å². The smallest absolute Gasteiger partial charge is 0.0826 e. The fourth-order valence-corrected chi connectivity index (χ4v) is 2.08. The van der Waals surface area contributed by atoms with Crippen LogP contribution in [0.2, 0.25) is 0 Å². The van der Waals surface area contributed by atoms with Crippen LogP contribution in [0.1, 0.15) is 35.9 Å². The molecule has 0 amide bonds. The molecule has 0 spiro atoms.